The minimum atomic E-state index is -0.758. The van der Waals surface area contributed by atoms with Crippen LogP contribution in [-0.4, -0.2) is 227 Å². The number of nitrogens with one attached hydrogen (secondary N) is 2. The van der Waals surface area contributed by atoms with Crippen LogP contribution in [-0.2, 0) is 60.9 Å². The molecular weight excluding hydrogens is 961 g/mol. The summed E-state index contributed by atoms with van der Waals surface area (Å²) in [5, 5.41) is 13.2. The van der Waals surface area contributed by atoms with E-state index in [0.29, 0.717) is 82.2 Å². The largest absolute Gasteiger partial charge is 0.379 e. The molecule has 2 aliphatic rings. The van der Waals surface area contributed by atoms with Crippen molar-refractivity contribution in [1.82, 2.24) is 55.0 Å². The van der Waals surface area contributed by atoms with Crippen molar-refractivity contribution in [2.45, 2.75) is 148 Å². The molecule has 2 fully saturated rings. The van der Waals surface area contributed by atoms with Gasteiger partial charge in [-0.25, -0.2) is 4.99 Å². The number of hydrogen-bond donors (Lipinski definition) is 2. The van der Waals surface area contributed by atoms with Gasteiger partial charge in [-0.15, -0.1) is 16.9 Å². The number of hydrogen-bond acceptors (Lipinski definition) is 14. The van der Waals surface area contributed by atoms with Gasteiger partial charge in [0.2, 0.25) is 35.4 Å². The molecule has 22 nitrogen and oxygen atoms in total. The number of carbonyl (C=O) groups excluding carboxylic acids is 8. The van der Waals surface area contributed by atoms with Crippen LogP contribution >= 0.6 is 11.8 Å². The lowest BCUT2D eigenvalue weighted by atomic mass is 9.89. The van der Waals surface area contributed by atoms with Crippen molar-refractivity contribution >= 4 is 65.7 Å². The Hall–Kier alpha value is -5.16. The Bertz CT molecular complexity index is 2000. The van der Waals surface area contributed by atoms with Gasteiger partial charge in [-0.2, -0.15) is 0 Å². The summed E-state index contributed by atoms with van der Waals surface area (Å²) in [6, 6.07) is -1.73. The molecule has 1 aromatic heterocycles. The van der Waals surface area contributed by atoms with E-state index >= 15 is 0 Å². The average molecular weight is 1050 g/mol. The van der Waals surface area contributed by atoms with E-state index in [4.69, 9.17) is 14.5 Å². The SMILES string of the molecule is CCC(C)C(C(CC(=O)N1CCCC1C(OC)C(C)C(=O)NCC=O)OC)N(C)C(=O)[C@@H](N=C(N(C)C)N1CCN(C(=O)CCCn2cc(CN(C)C(=O)C(CC=O)SCC(C)NC(C)=O)nn2)CC1)C(C)C. The van der Waals surface area contributed by atoms with Gasteiger partial charge in [0.1, 0.15) is 24.3 Å². The molecule has 3 rings (SSSR count). The quantitative estimate of drug-likeness (QED) is 0.0658. The van der Waals surface area contributed by atoms with Crippen LogP contribution in [0, 0.1) is 17.8 Å². The van der Waals surface area contributed by atoms with Crippen LogP contribution in [0.25, 0.3) is 0 Å². The van der Waals surface area contributed by atoms with Crippen molar-refractivity contribution in [3.8, 4) is 0 Å². The summed E-state index contributed by atoms with van der Waals surface area (Å²) in [6.07, 6.45) is 4.90. The highest BCUT2D eigenvalue weighted by molar-refractivity contribution is 8.00. The Morgan fingerprint density at radius 2 is 1.59 bits per heavy atom. The van der Waals surface area contributed by atoms with Gasteiger partial charge < -0.3 is 59.1 Å². The number of nitrogens with zero attached hydrogens (tertiary/aromatic N) is 10. The molecule has 1 aromatic rings. The molecule has 9 atom stereocenters. The van der Waals surface area contributed by atoms with E-state index in [1.54, 1.807) is 48.8 Å². The molecule has 8 unspecified atom stereocenters. The first kappa shape index (κ1) is 62.1. The summed E-state index contributed by atoms with van der Waals surface area (Å²) in [4.78, 5) is 118. The zero-order chi connectivity index (χ0) is 54.5. The summed E-state index contributed by atoms with van der Waals surface area (Å²) in [5.74, 6) is -0.739. The first-order chi connectivity index (χ1) is 34.6. The molecule has 2 N–H and O–H groups in total. The first-order valence-electron chi connectivity index (χ1n) is 25.7. The number of aldehydes is 2. The van der Waals surface area contributed by atoms with Crippen molar-refractivity contribution in [3.63, 3.8) is 0 Å². The Morgan fingerprint density at radius 3 is 2.16 bits per heavy atom. The average Bonchev–Trinajstić information content (AvgIpc) is 4.03. The van der Waals surface area contributed by atoms with Crippen LogP contribution in [0.15, 0.2) is 11.2 Å². The number of methoxy groups -OCH3 is 2. The molecule has 2 saturated heterocycles. The van der Waals surface area contributed by atoms with E-state index in [0.717, 1.165) is 19.1 Å². The summed E-state index contributed by atoms with van der Waals surface area (Å²) in [7, 11) is 10.3. The molecule has 3 heterocycles. The Balaban J connectivity index is 1.63. The van der Waals surface area contributed by atoms with Crippen LogP contribution in [0.3, 0.4) is 0 Å². The van der Waals surface area contributed by atoms with Gasteiger partial charge in [0.25, 0.3) is 0 Å². The number of rotatable bonds is 29. The van der Waals surface area contributed by atoms with E-state index in [-0.39, 0.29) is 85.3 Å². The standard InChI is InChI=1S/C50H86N12O10S/c1-14-34(4)45(40(71-12)29-43(67)62-22-15-17-39(62)46(72-13)36(6)47(68)51-20-28-64)58(11)49(70)44(33(2)3)53-50(56(8)9)60-25-23-59(24-26-60)42(66)18-16-21-61-31-38(54-55-61)30-57(10)48(69)41(19-27-63)73-32-35(5)52-37(7)65/h27-28,31,33-36,39-41,44-46H,14-26,29-30,32H2,1-13H3,(H,51,68)(H,52,65)/t34?,35?,36?,39?,40?,41?,44-,45?,46?/m0/s1. The maximum atomic E-state index is 14.7. The van der Waals surface area contributed by atoms with E-state index in [2.05, 4.69) is 32.8 Å². The smallest absolute Gasteiger partial charge is 0.247 e. The summed E-state index contributed by atoms with van der Waals surface area (Å²) in [6.45, 7) is 16.1. The third-order valence-corrected chi connectivity index (χ3v) is 15.3. The van der Waals surface area contributed by atoms with Crippen molar-refractivity contribution in [2.75, 3.05) is 87.4 Å². The number of guanidine groups is 1. The third-order valence-electron chi connectivity index (χ3n) is 13.8. The number of piperazine rings is 1. The van der Waals surface area contributed by atoms with Crippen LogP contribution in [0.5, 0.6) is 0 Å². The van der Waals surface area contributed by atoms with Crippen molar-refractivity contribution in [1.29, 1.82) is 0 Å². The number of aromatic nitrogens is 3. The molecule has 2 aliphatic heterocycles. The number of aliphatic imine (C=N–C) groups is 1. The lowest BCUT2D eigenvalue weighted by Gasteiger charge is -2.41. The number of ether oxygens (including phenoxy) is 2. The first-order valence-corrected chi connectivity index (χ1v) is 26.8. The minimum Gasteiger partial charge on any atom is -0.379 e. The van der Waals surface area contributed by atoms with Gasteiger partial charge in [-0.3, -0.25) is 33.4 Å². The Morgan fingerprint density at radius 1 is 0.918 bits per heavy atom. The molecule has 0 bridgehead atoms. The fourth-order valence-corrected chi connectivity index (χ4v) is 10.8. The number of thioether (sulfide) groups is 1. The Labute approximate surface area is 437 Å². The fraction of sp³-hybridized carbons (Fsp3) is 0.780. The van der Waals surface area contributed by atoms with Crippen LogP contribution in [0.1, 0.15) is 99.1 Å². The second-order valence-corrected chi connectivity index (χ2v) is 21.2. The minimum absolute atomic E-state index is 0.0151. The molecule has 412 valence electrons. The van der Waals surface area contributed by atoms with Crippen LogP contribution < -0.4 is 10.6 Å². The summed E-state index contributed by atoms with van der Waals surface area (Å²) < 4.78 is 13.6. The predicted octanol–water partition coefficient (Wildman–Crippen LogP) is 1.55. The topological polar surface area (TPSA) is 242 Å². The maximum Gasteiger partial charge on any atom is 0.247 e. The maximum absolute atomic E-state index is 14.7. The van der Waals surface area contributed by atoms with Gasteiger partial charge in [0.15, 0.2) is 5.96 Å². The van der Waals surface area contributed by atoms with Crippen molar-refractivity contribution in [3.05, 3.63) is 11.9 Å². The number of amides is 6. The van der Waals surface area contributed by atoms with Crippen LogP contribution in [0.2, 0.25) is 0 Å². The summed E-state index contributed by atoms with van der Waals surface area (Å²) >= 11 is 1.33. The normalized spacial score (nSPS) is 18.5. The molecule has 6 amide bonds. The second-order valence-electron chi connectivity index (χ2n) is 20.0. The summed E-state index contributed by atoms with van der Waals surface area (Å²) in [5.41, 5.74) is 0.574. The highest BCUT2D eigenvalue weighted by Gasteiger charge is 2.43. The highest BCUT2D eigenvalue weighted by Crippen LogP contribution is 2.30. The molecular formula is C50H86N12O10S. The molecule has 0 radical (unpaired) electrons. The number of carbonyl (C=O) groups is 8. The van der Waals surface area contributed by atoms with Crippen molar-refractivity contribution < 1.29 is 47.8 Å². The van der Waals surface area contributed by atoms with Gasteiger partial charge in [0.05, 0.1) is 61.2 Å². The second kappa shape index (κ2) is 30.9. The Kier molecular flexibility index (Phi) is 26.3. The predicted molar refractivity (Wildman–Crippen MR) is 279 cm³/mol. The number of aryl methyl sites for hydroxylation is 1. The van der Waals surface area contributed by atoms with E-state index in [1.807, 2.05) is 51.6 Å². The van der Waals surface area contributed by atoms with Gasteiger partial charge in [-0.05, 0) is 38.0 Å². The monoisotopic (exact) mass is 1050 g/mol. The van der Waals surface area contributed by atoms with Gasteiger partial charge in [-0.1, -0.05) is 46.3 Å². The van der Waals surface area contributed by atoms with Gasteiger partial charge >= 0.3 is 0 Å². The van der Waals surface area contributed by atoms with Gasteiger partial charge in [0, 0.05) is 113 Å². The van der Waals surface area contributed by atoms with Crippen LogP contribution in [0.4, 0.5) is 0 Å². The number of likely N-dealkylation sites (N-methyl/N-ethyl adjacent to an activating group) is 1. The molecule has 0 spiro atoms. The van der Waals surface area contributed by atoms with E-state index in [9.17, 15) is 38.4 Å². The highest BCUT2D eigenvalue weighted by atomic mass is 32.2. The molecule has 0 aromatic carbocycles. The number of likely N-dealkylation sites (tertiary alicyclic amines) is 1. The third kappa shape index (κ3) is 18.3. The zero-order valence-electron chi connectivity index (χ0n) is 45.8. The van der Waals surface area contributed by atoms with E-state index in [1.165, 1.54) is 30.7 Å². The molecule has 0 aliphatic carbocycles. The van der Waals surface area contributed by atoms with E-state index < -0.39 is 35.5 Å². The lowest BCUT2D eigenvalue weighted by Crippen LogP contribution is -2.56. The fourth-order valence-electron chi connectivity index (χ4n) is 9.68. The zero-order valence-corrected chi connectivity index (χ0v) is 46.6. The lowest BCUT2D eigenvalue weighted by molar-refractivity contribution is -0.146. The molecule has 73 heavy (non-hydrogen) atoms. The van der Waals surface area contributed by atoms with Crippen molar-refractivity contribution in [2.24, 2.45) is 22.7 Å². The molecule has 0 saturated carbocycles. The molecule has 23 heteroatoms.